The molecule has 2 aliphatic rings. The van der Waals surface area contributed by atoms with Gasteiger partial charge in [-0.1, -0.05) is 30.2 Å². The zero-order chi connectivity index (χ0) is 22.9. The van der Waals surface area contributed by atoms with Gasteiger partial charge < -0.3 is 15.2 Å². The average Bonchev–Trinajstić information content (AvgIpc) is 3.06. The summed E-state index contributed by atoms with van der Waals surface area (Å²) in [7, 11) is 3.06. The molecule has 1 aliphatic heterocycles. The van der Waals surface area contributed by atoms with E-state index in [1.807, 2.05) is 0 Å². The maximum Gasteiger partial charge on any atom is 0.275 e. The van der Waals surface area contributed by atoms with E-state index >= 15 is 0 Å². The van der Waals surface area contributed by atoms with E-state index in [2.05, 4.69) is 0 Å². The molecule has 0 radical (unpaired) electrons. The van der Waals surface area contributed by atoms with Crippen LogP contribution in [0.4, 0.5) is 0 Å². The Labute approximate surface area is 192 Å². The first-order valence-electron chi connectivity index (χ1n) is 10.6. The highest BCUT2D eigenvalue weighted by molar-refractivity contribution is 6.47. The standard InChI is InChI=1S/C24H26ClN3O4/c1-31-18-12-16(13-19(14-18)32-2)21(22(26)29)28-23(30)20(15-6-8-17(25)9-7-15)27-24(28)10-4-3-5-11-24/h6-9,12-14,21H,3-5,10-11H2,1-2H3,(H2,26,29). The lowest BCUT2D eigenvalue weighted by molar-refractivity contribution is -0.141. The largest absolute Gasteiger partial charge is 0.497 e. The van der Waals surface area contributed by atoms with E-state index in [1.165, 1.54) is 14.2 Å². The van der Waals surface area contributed by atoms with Crippen LogP contribution in [0.2, 0.25) is 5.02 Å². The molecular formula is C24H26ClN3O4. The maximum absolute atomic E-state index is 13.8. The van der Waals surface area contributed by atoms with E-state index in [9.17, 15) is 9.59 Å². The molecule has 7 nitrogen and oxygen atoms in total. The molecule has 1 aliphatic carbocycles. The zero-order valence-corrected chi connectivity index (χ0v) is 18.9. The second kappa shape index (κ2) is 8.82. The van der Waals surface area contributed by atoms with Crippen LogP contribution in [-0.2, 0) is 9.59 Å². The van der Waals surface area contributed by atoms with Gasteiger partial charge in [0.25, 0.3) is 5.91 Å². The highest BCUT2D eigenvalue weighted by atomic mass is 35.5. The van der Waals surface area contributed by atoms with Gasteiger partial charge in [0.2, 0.25) is 5.91 Å². The average molecular weight is 456 g/mol. The van der Waals surface area contributed by atoms with Crippen LogP contribution < -0.4 is 15.2 Å². The van der Waals surface area contributed by atoms with Gasteiger partial charge in [-0.3, -0.25) is 19.5 Å². The van der Waals surface area contributed by atoms with Crippen molar-refractivity contribution in [3.05, 3.63) is 58.6 Å². The van der Waals surface area contributed by atoms with Gasteiger partial charge >= 0.3 is 0 Å². The molecule has 1 atom stereocenters. The third-order valence-corrected chi connectivity index (χ3v) is 6.43. The number of carbonyl (C=O) groups is 2. The van der Waals surface area contributed by atoms with E-state index in [1.54, 1.807) is 47.4 Å². The molecule has 2 aromatic carbocycles. The van der Waals surface area contributed by atoms with Crippen LogP contribution in [0.1, 0.15) is 49.3 Å². The van der Waals surface area contributed by atoms with Crippen LogP contribution in [0, 0.1) is 0 Å². The van der Waals surface area contributed by atoms with Crippen LogP contribution >= 0.6 is 11.6 Å². The van der Waals surface area contributed by atoms with Gasteiger partial charge in [0.05, 0.1) is 14.2 Å². The highest BCUT2D eigenvalue weighted by Crippen LogP contribution is 2.45. The van der Waals surface area contributed by atoms with E-state index in [-0.39, 0.29) is 5.91 Å². The minimum atomic E-state index is -1.02. The Kier molecular flexibility index (Phi) is 6.11. The van der Waals surface area contributed by atoms with Gasteiger partial charge in [-0.25, -0.2) is 0 Å². The molecule has 168 valence electrons. The van der Waals surface area contributed by atoms with Crippen molar-refractivity contribution < 1.29 is 19.1 Å². The number of halogens is 1. The van der Waals surface area contributed by atoms with Crippen LogP contribution in [0.15, 0.2) is 47.5 Å². The fourth-order valence-electron chi connectivity index (χ4n) is 4.66. The summed E-state index contributed by atoms with van der Waals surface area (Å²) in [6, 6.07) is 11.1. The van der Waals surface area contributed by atoms with Gasteiger partial charge in [-0.05, 0) is 55.5 Å². The first-order valence-corrected chi connectivity index (χ1v) is 11.0. The summed E-state index contributed by atoms with van der Waals surface area (Å²) in [5, 5.41) is 0.572. The Morgan fingerprint density at radius 3 is 2.19 bits per heavy atom. The Balaban J connectivity index is 1.84. The number of ether oxygens (including phenoxy) is 2. The molecule has 1 fully saturated rings. The van der Waals surface area contributed by atoms with Crippen molar-refractivity contribution >= 4 is 29.1 Å². The van der Waals surface area contributed by atoms with E-state index < -0.39 is 17.6 Å². The number of nitrogens with zero attached hydrogens (tertiary/aromatic N) is 2. The Morgan fingerprint density at radius 2 is 1.66 bits per heavy atom. The first kappa shape index (κ1) is 22.1. The number of rotatable bonds is 6. The van der Waals surface area contributed by atoms with Crippen LogP contribution in [0.3, 0.4) is 0 Å². The summed E-state index contributed by atoms with van der Waals surface area (Å²) in [4.78, 5) is 33.1. The molecule has 1 saturated carbocycles. The van der Waals surface area contributed by atoms with Crippen LogP contribution in [0.25, 0.3) is 0 Å². The Bertz CT molecular complexity index is 1040. The van der Waals surface area contributed by atoms with Crippen molar-refractivity contribution in [2.45, 2.75) is 43.8 Å². The molecule has 0 saturated heterocycles. The second-order valence-corrected chi connectivity index (χ2v) is 8.57. The smallest absolute Gasteiger partial charge is 0.275 e. The summed E-state index contributed by atoms with van der Waals surface area (Å²) in [6.07, 6.45) is 4.22. The normalized spacial score (nSPS) is 18.4. The van der Waals surface area contributed by atoms with Crippen molar-refractivity contribution in [1.82, 2.24) is 4.90 Å². The molecule has 0 aromatic heterocycles. The van der Waals surface area contributed by atoms with Crippen LogP contribution in [-0.4, -0.2) is 42.3 Å². The van der Waals surface area contributed by atoms with E-state index in [0.29, 0.717) is 46.2 Å². The number of methoxy groups -OCH3 is 2. The summed E-state index contributed by atoms with van der Waals surface area (Å²) in [5.41, 5.74) is 6.60. The number of primary amides is 1. The number of amides is 2. The predicted octanol–water partition coefficient (Wildman–Crippen LogP) is 3.88. The number of nitrogens with two attached hydrogens (primary N) is 1. The predicted molar refractivity (Wildman–Crippen MR) is 122 cm³/mol. The van der Waals surface area contributed by atoms with Crippen molar-refractivity contribution in [2.24, 2.45) is 10.7 Å². The van der Waals surface area contributed by atoms with Gasteiger partial charge in [-0.15, -0.1) is 0 Å². The zero-order valence-electron chi connectivity index (χ0n) is 18.1. The maximum atomic E-state index is 13.8. The van der Waals surface area contributed by atoms with Crippen molar-refractivity contribution in [2.75, 3.05) is 14.2 Å². The van der Waals surface area contributed by atoms with Gasteiger partial charge in [0.1, 0.15) is 28.9 Å². The molecule has 2 N–H and O–H groups in total. The summed E-state index contributed by atoms with van der Waals surface area (Å²) in [5.74, 6) is 0.0635. The number of carbonyl (C=O) groups excluding carboxylic acids is 2. The number of aliphatic imine (C=N–C) groups is 1. The molecule has 0 bridgehead atoms. The lowest BCUT2D eigenvalue weighted by Crippen LogP contribution is -2.53. The first-order chi connectivity index (χ1) is 15.4. The molecule has 8 heteroatoms. The van der Waals surface area contributed by atoms with Gasteiger partial charge in [0.15, 0.2) is 0 Å². The minimum Gasteiger partial charge on any atom is -0.497 e. The third-order valence-electron chi connectivity index (χ3n) is 6.18. The van der Waals surface area contributed by atoms with Crippen molar-refractivity contribution in [3.8, 4) is 11.5 Å². The fraction of sp³-hybridized carbons (Fsp3) is 0.375. The molecular weight excluding hydrogens is 430 g/mol. The lowest BCUT2D eigenvalue weighted by Gasteiger charge is -2.42. The van der Waals surface area contributed by atoms with Crippen LogP contribution in [0.5, 0.6) is 11.5 Å². The fourth-order valence-corrected chi connectivity index (χ4v) is 4.79. The molecule has 2 amide bonds. The van der Waals surface area contributed by atoms with Crippen molar-refractivity contribution in [3.63, 3.8) is 0 Å². The molecule has 1 unspecified atom stereocenters. The Hall–Kier alpha value is -3.06. The summed E-state index contributed by atoms with van der Waals surface area (Å²) < 4.78 is 10.8. The number of benzene rings is 2. The summed E-state index contributed by atoms with van der Waals surface area (Å²) >= 11 is 6.03. The number of hydrogen-bond donors (Lipinski definition) is 1. The molecule has 1 spiro atoms. The second-order valence-electron chi connectivity index (χ2n) is 8.14. The molecule has 1 heterocycles. The highest BCUT2D eigenvalue weighted by Gasteiger charge is 2.52. The van der Waals surface area contributed by atoms with Gasteiger partial charge in [0, 0.05) is 16.7 Å². The van der Waals surface area contributed by atoms with E-state index in [4.69, 9.17) is 31.8 Å². The van der Waals surface area contributed by atoms with Crippen molar-refractivity contribution in [1.29, 1.82) is 0 Å². The third kappa shape index (κ3) is 3.93. The monoisotopic (exact) mass is 455 g/mol. The minimum absolute atomic E-state index is 0.320. The molecule has 32 heavy (non-hydrogen) atoms. The van der Waals surface area contributed by atoms with E-state index in [0.717, 1.165) is 19.3 Å². The number of hydrogen-bond acceptors (Lipinski definition) is 5. The Morgan fingerprint density at radius 1 is 1.06 bits per heavy atom. The summed E-state index contributed by atoms with van der Waals surface area (Å²) in [6.45, 7) is 0. The molecule has 2 aromatic rings. The molecule has 4 rings (SSSR count). The quantitative estimate of drug-likeness (QED) is 0.715. The van der Waals surface area contributed by atoms with Gasteiger partial charge in [-0.2, -0.15) is 0 Å². The SMILES string of the molecule is COc1cc(OC)cc(C(C(N)=O)N2C(=O)C(c3ccc(Cl)cc3)=NC23CCCCC3)c1. The topological polar surface area (TPSA) is 94.2 Å². The lowest BCUT2D eigenvalue weighted by atomic mass is 9.86.